The maximum Gasteiger partial charge on any atom is 0.123 e. The number of anilines is 1. The predicted molar refractivity (Wildman–Crippen MR) is 80.4 cm³/mol. The van der Waals surface area contributed by atoms with Gasteiger partial charge in [0.2, 0.25) is 0 Å². The molecule has 5 heteroatoms. The fourth-order valence-corrected chi connectivity index (χ4v) is 3.13. The molecule has 19 heavy (non-hydrogen) atoms. The molecule has 1 aromatic heterocycles. The van der Waals surface area contributed by atoms with Crippen LogP contribution in [-0.4, -0.2) is 7.05 Å². The van der Waals surface area contributed by atoms with Crippen molar-refractivity contribution in [1.82, 2.24) is 0 Å². The van der Waals surface area contributed by atoms with Crippen LogP contribution in [0.5, 0.6) is 0 Å². The summed E-state index contributed by atoms with van der Waals surface area (Å²) in [6.07, 6.45) is 0. The topological polar surface area (TPSA) is 29.3 Å². The standard InChI is InChI=1S/C14H16ClFN2S/c1-9(17)12-7-10(16)3-5-13(12)18(2)8-11-4-6-14(15)19-11/h3-7,9H,8,17H2,1-2H3/t9-/m0/s1. The van der Waals surface area contributed by atoms with E-state index in [2.05, 4.69) is 4.90 Å². The van der Waals surface area contributed by atoms with Gasteiger partial charge in [-0.3, -0.25) is 0 Å². The van der Waals surface area contributed by atoms with Crippen LogP contribution in [0.3, 0.4) is 0 Å². The Kier molecular flexibility index (Phi) is 4.45. The van der Waals surface area contributed by atoms with E-state index in [9.17, 15) is 4.39 Å². The average molecular weight is 299 g/mol. The summed E-state index contributed by atoms with van der Waals surface area (Å²) in [6.45, 7) is 2.58. The summed E-state index contributed by atoms with van der Waals surface area (Å²) in [5.41, 5.74) is 7.66. The molecule has 102 valence electrons. The Bertz CT molecular complexity index is 568. The summed E-state index contributed by atoms with van der Waals surface area (Å²) in [7, 11) is 1.97. The molecule has 2 N–H and O–H groups in total. The minimum atomic E-state index is -0.261. The first-order valence-electron chi connectivity index (χ1n) is 5.97. The molecule has 0 bridgehead atoms. The zero-order valence-electron chi connectivity index (χ0n) is 10.9. The molecular weight excluding hydrogens is 283 g/mol. The van der Waals surface area contributed by atoms with Gasteiger partial charge in [0.1, 0.15) is 5.82 Å². The number of hydrogen-bond donors (Lipinski definition) is 1. The molecule has 2 nitrogen and oxygen atoms in total. The van der Waals surface area contributed by atoms with Crippen molar-refractivity contribution in [1.29, 1.82) is 0 Å². The van der Waals surface area contributed by atoms with E-state index in [1.807, 2.05) is 26.1 Å². The lowest BCUT2D eigenvalue weighted by Gasteiger charge is -2.23. The van der Waals surface area contributed by atoms with Crippen LogP contribution in [-0.2, 0) is 6.54 Å². The summed E-state index contributed by atoms with van der Waals surface area (Å²) >= 11 is 7.47. The van der Waals surface area contributed by atoms with Crippen molar-refractivity contribution in [2.75, 3.05) is 11.9 Å². The van der Waals surface area contributed by atoms with E-state index in [0.29, 0.717) is 0 Å². The van der Waals surface area contributed by atoms with E-state index in [1.54, 1.807) is 17.4 Å². The van der Waals surface area contributed by atoms with Gasteiger partial charge >= 0.3 is 0 Å². The lowest BCUT2D eigenvalue weighted by molar-refractivity contribution is 0.622. The minimum Gasteiger partial charge on any atom is -0.369 e. The number of halogens is 2. The molecule has 1 atom stereocenters. The molecule has 0 fully saturated rings. The Morgan fingerprint density at radius 2 is 2.11 bits per heavy atom. The summed E-state index contributed by atoms with van der Waals surface area (Å²) in [5.74, 6) is -0.261. The SMILES string of the molecule is C[C@H](N)c1cc(F)ccc1N(C)Cc1ccc(Cl)s1. The van der Waals surface area contributed by atoms with Crippen molar-refractivity contribution in [3.63, 3.8) is 0 Å². The molecule has 0 aliphatic heterocycles. The van der Waals surface area contributed by atoms with Crippen molar-refractivity contribution in [2.24, 2.45) is 5.73 Å². The second kappa shape index (κ2) is 5.90. The first-order chi connectivity index (χ1) is 8.97. The van der Waals surface area contributed by atoms with Gasteiger partial charge in [0.25, 0.3) is 0 Å². The number of thiophene rings is 1. The molecule has 1 aromatic carbocycles. The van der Waals surface area contributed by atoms with Crippen LogP contribution < -0.4 is 10.6 Å². The summed E-state index contributed by atoms with van der Waals surface area (Å²) in [5, 5.41) is 0. The fraction of sp³-hybridized carbons (Fsp3) is 0.286. The molecule has 0 unspecified atom stereocenters. The van der Waals surface area contributed by atoms with Crippen molar-refractivity contribution >= 4 is 28.6 Å². The van der Waals surface area contributed by atoms with E-state index in [-0.39, 0.29) is 11.9 Å². The molecule has 0 radical (unpaired) electrons. The molecule has 0 aliphatic carbocycles. The van der Waals surface area contributed by atoms with E-state index >= 15 is 0 Å². The van der Waals surface area contributed by atoms with Gasteiger partial charge in [-0.05, 0) is 42.8 Å². The number of nitrogens with zero attached hydrogens (tertiary/aromatic N) is 1. The largest absolute Gasteiger partial charge is 0.369 e. The highest BCUT2D eigenvalue weighted by atomic mass is 35.5. The van der Waals surface area contributed by atoms with Crippen LogP contribution in [0.4, 0.5) is 10.1 Å². The van der Waals surface area contributed by atoms with E-state index in [0.717, 1.165) is 27.0 Å². The minimum absolute atomic E-state index is 0.208. The van der Waals surface area contributed by atoms with Gasteiger partial charge in [-0.15, -0.1) is 11.3 Å². The molecule has 1 heterocycles. The lowest BCUT2D eigenvalue weighted by atomic mass is 10.1. The third kappa shape index (κ3) is 3.47. The Hall–Kier alpha value is -1.10. The van der Waals surface area contributed by atoms with Gasteiger partial charge in [0, 0.05) is 23.7 Å². The number of hydrogen-bond acceptors (Lipinski definition) is 3. The molecule has 0 amide bonds. The lowest BCUT2D eigenvalue weighted by Crippen LogP contribution is -2.19. The van der Waals surface area contributed by atoms with Crippen LogP contribution >= 0.6 is 22.9 Å². The normalized spacial score (nSPS) is 12.5. The average Bonchev–Trinajstić information content (AvgIpc) is 2.74. The Balaban J connectivity index is 2.25. The zero-order chi connectivity index (χ0) is 14.0. The Morgan fingerprint density at radius 1 is 1.37 bits per heavy atom. The first kappa shape index (κ1) is 14.3. The quantitative estimate of drug-likeness (QED) is 0.917. The first-order valence-corrected chi connectivity index (χ1v) is 7.17. The zero-order valence-corrected chi connectivity index (χ0v) is 12.4. The summed E-state index contributed by atoms with van der Waals surface area (Å²) < 4.78 is 14.1. The molecule has 2 aromatic rings. The molecule has 0 saturated heterocycles. The Morgan fingerprint density at radius 3 is 2.68 bits per heavy atom. The van der Waals surface area contributed by atoms with E-state index in [1.165, 1.54) is 12.1 Å². The monoisotopic (exact) mass is 298 g/mol. The van der Waals surface area contributed by atoms with Gasteiger partial charge < -0.3 is 10.6 Å². The fourth-order valence-electron chi connectivity index (χ4n) is 1.99. The predicted octanol–water partition coefficient (Wildman–Crippen LogP) is 4.20. The van der Waals surface area contributed by atoms with Crippen molar-refractivity contribution in [3.8, 4) is 0 Å². The maximum absolute atomic E-state index is 13.3. The van der Waals surface area contributed by atoms with Crippen molar-refractivity contribution in [2.45, 2.75) is 19.5 Å². The molecule has 0 aliphatic rings. The second-order valence-electron chi connectivity index (χ2n) is 4.55. The van der Waals surface area contributed by atoms with E-state index in [4.69, 9.17) is 17.3 Å². The third-order valence-corrected chi connectivity index (χ3v) is 4.13. The van der Waals surface area contributed by atoms with Gasteiger partial charge in [-0.2, -0.15) is 0 Å². The molecule has 0 saturated carbocycles. The Labute approximate surface area is 121 Å². The van der Waals surface area contributed by atoms with Crippen LogP contribution in [0.15, 0.2) is 30.3 Å². The van der Waals surface area contributed by atoms with E-state index < -0.39 is 0 Å². The number of rotatable bonds is 4. The van der Waals surface area contributed by atoms with Crippen LogP contribution in [0.25, 0.3) is 0 Å². The van der Waals surface area contributed by atoms with Crippen LogP contribution in [0.2, 0.25) is 4.34 Å². The summed E-state index contributed by atoms with van der Waals surface area (Å²) in [6, 6.07) is 8.39. The summed E-state index contributed by atoms with van der Waals surface area (Å²) in [4.78, 5) is 3.22. The van der Waals surface area contributed by atoms with Crippen molar-refractivity contribution < 1.29 is 4.39 Å². The van der Waals surface area contributed by atoms with Gasteiger partial charge in [-0.25, -0.2) is 4.39 Å². The van der Waals surface area contributed by atoms with Crippen molar-refractivity contribution in [3.05, 3.63) is 50.9 Å². The second-order valence-corrected chi connectivity index (χ2v) is 6.35. The maximum atomic E-state index is 13.3. The number of benzene rings is 1. The highest BCUT2D eigenvalue weighted by molar-refractivity contribution is 7.16. The highest BCUT2D eigenvalue weighted by Crippen LogP contribution is 2.28. The number of nitrogens with two attached hydrogens (primary N) is 1. The molecule has 2 rings (SSSR count). The van der Waals surface area contributed by atoms with Crippen LogP contribution in [0, 0.1) is 5.82 Å². The molecular formula is C14H16ClFN2S. The third-order valence-electron chi connectivity index (χ3n) is 2.91. The molecule has 0 spiro atoms. The smallest absolute Gasteiger partial charge is 0.123 e. The highest BCUT2D eigenvalue weighted by Gasteiger charge is 2.13. The van der Waals surface area contributed by atoms with Gasteiger partial charge in [-0.1, -0.05) is 11.6 Å². The van der Waals surface area contributed by atoms with Gasteiger partial charge in [0.15, 0.2) is 0 Å². The van der Waals surface area contributed by atoms with Gasteiger partial charge in [0.05, 0.1) is 10.9 Å². The van der Waals surface area contributed by atoms with Crippen LogP contribution in [0.1, 0.15) is 23.4 Å².